The van der Waals surface area contributed by atoms with Crippen molar-refractivity contribution in [3.05, 3.63) is 35.4 Å². The molecule has 0 aliphatic carbocycles. The van der Waals surface area contributed by atoms with Crippen molar-refractivity contribution in [2.24, 2.45) is 0 Å². The molecule has 1 aromatic rings. The number of rotatable bonds is 7. The van der Waals surface area contributed by atoms with Gasteiger partial charge in [0.05, 0.1) is 18.2 Å². The Hall–Kier alpha value is -1.37. The van der Waals surface area contributed by atoms with Crippen molar-refractivity contribution in [2.75, 3.05) is 13.7 Å². The predicted molar refractivity (Wildman–Crippen MR) is 73.3 cm³/mol. The van der Waals surface area contributed by atoms with Gasteiger partial charge in [-0.1, -0.05) is 25.5 Å². The standard InChI is InChI=1S/C15H22N2O/c1-4-6-15(11-18-3)17-12(2)14-8-5-7-13(9-14)10-16/h5,7-9,12,15,17H,4,6,11H2,1-3H3. The third kappa shape index (κ3) is 4.48. The maximum atomic E-state index is 8.90. The number of hydrogen-bond acceptors (Lipinski definition) is 3. The van der Waals surface area contributed by atoms with Gasteiger partial charge < -0.3 is 10.1 Å². The highest BCUT2D eigenvalue weighted by Crippen LogP contribution is 2.15. The molecular weight excluding hydrogens is 224 g/mol. The van der Waals surface area contributed by atoms with Crippen molar-refractivity contribution in [3.8, 4) is 6.07 Å². The molecule has 0 saturated heterocycles. The molecule has 18 heavy (non-hydrogen) atoms. The highest BCUT2D eigenvalue weighted by molar-refractivity contribution is 5.34. The molecule has 0 spiro atoms. The average Bonchev–Trinajstić information content (AvgIpc) is 2.39. The second-order valence-electron chi connectivity index (χ2n) is 4.57. The van der Waals surface area contributed by atoms with Crippen LogP contribution in [0.1, 0.15) is 43.9 Å². The Labute approximate surface area is 110 Å². The Morgan fingerprint density at radius 2 is 2.22 bits per heavy atom. The maximum Gasteiger partial charge on any atom is 0.0991 e. The third-order valence-electron chi connectivity index (χ3n) is 3.01. The smallest absolute Gasteiger partial charge is 0.0991 e. The summed E-state index contributed by atoms with van der Waals surface area (Å²) < 4.78 is 5.22. The SMILES string of the molecule is CCCC(COC)NC(C)c1cccc(C#N)c1. The van der Waals surface area contributed by atoms with Gasteiger partial charge in [-0.25, -0.2) is 0 Å². The molecule has 0 bridgehead atoms. The average molecular weight is 246 g/mol. The van der Waals surface area contributed by atoms with E-state index in [1.807, 2.05) is 24.3 Å². The molecule has 0 aliphatic rings. The molecule has 0 fully saturated rings. The fraction of sp³-hybridized carbons (Fsp3) is 0.533. The molecule has 1 aromatic carbocycles. The molecule has 3 heteroatoms. The van der Waals surface area contributed by atoms with E-state index in [0.29, 0.717) is 11.6 Å². The number of methoxy groups -OCH3 is 1. The Morgan fingerprint density at radius 3 is 2.83 bits per heavy atom. The van der Waals surface area contributed by atoms with E-state index in [1.165, 1.54) is 0 Å². The molecule has 0 aromatic heterocycles. The van der Waals surface area contributed by atoms with Crippen molar-refractivity contribution < 1.29 is 4.74 Å². The zero-order valence-electron chi connectivity index (χ0n) is 11.4. The first-order valence-corrected chi connectivity index (χ1v) is 6.46. The van der Waals surface area contributed by atoms with Gasteiger partial charge in [-0.2, -0.15) is 5.26 Å². The summed E-state index contributed by atoms with van der Waals surface area (Å²) in [4.78, 5) is 0. The first-order chi connectivity index (χ1) is 8.71. The number of benzene rings is 1. The summed E-state index contributed by atoms with van der Waals surface area (Å²) in [5, 5.41) is 12.5. The molecule has 0 amide bonds. The topological polar surface area (TPSA) is 45.0 Å². The highest BCUT2D eigenvalue weighted by Gasteiger charge is 2.12. The van der Waals surface area contributed by atoms with Crippen LogP contribution < -0.4 is 5.32 Å². The van der Waals surface area contributed by atoms with E-state index in [0.717, 1.165) is 25.0 Å². The van der Waals surface area contributed by atoms with Gasteiger partial charge in [0.25, 0.3) is 0 Å². The zero-order valence-corrected chi connectivity index (χ0v) is 11.4. The van der Waals surface area contributed by atoms with Gasteiger partial charge in [-0.3, -0.25) is 0 Å². The van der Waals surface area contributed by atoms with E-state index in [-0.39, 0.29) is 6.04 Å². The molecule has 0 heterocycles. The van der Waals surface area contributed by atoms with E-state index in [2.05, 4.69) is 25.2 Å². The minimum Gasteiger partial charge on any atom is -0.383 e. The second kappa shape index (κ2) is 7.86. The first-order valence-electron chi connectivity index (χ1n) is 6.46. The van der Waals surface area contributed by atoms with Gasteiger partial charge in [-0.15, -0.1) is 0 Å². The summed E-state index contributed by atoms with van der Waals surface area (Å²) in [5.74, 6) is 0. The van der Waals surface area contributed by atoms with E-state index >= 15 is 0 Å². The van der Waals surface area contributed by atoms with Crippen molar-refractivity contribution in [3.63, 3.8) is 0 Å². The Morgan fingerprint density at radius 1 is 1.44 bits per heavy atom. The normalized spacial score (nSPS) is 13.9. The molecule has 2 atom stereocenters. The maximum absolute atomic E-state index is 8.90. The summed E-state index contributed by atoms with van der Waals surface area (Å²) in [7, 11) is 1.73. The lowest BCUT2D eigenvalue weighted by molar-refractivity contribution is 0.157. The van der Waals surface area contributed by atoms with Gasteiger partial charge in [0.1, 0.15) is 0 Å². The monoisotopic (exact) mass is 246 g/mol. The lowest BCUT2D eigenvalue weighted by Gasteiger charge is -2.23. The molecule has 2 unspecified atom stereocenters. The molecular formula is C15H22N2O. The van der Waals surface area contributed by atoms with Gasteiger partial charge in [0, 0.05) is 19.2 Å². The van der Waals surface area contributed by atoms with Crippen molar-refractivity contribution in [1.82, 2.24) is 5.32 Å². The first kappa shape index (κ1) is 14.7. The fourth-order valence-corrected chi connectivity index (χ4v) is 2.09. The van der Waals surface area contributed by atoms with Crippen LogP contribution in [0, 0.1) is 11.3 Å². The van der Waals surface area contributed by atoms with Gasteiger partial charge in [-0.05, 0) is 31.0 Å². The Kier molecular flexibility index (Phi) is 6.42. The van der Waals surface area contributed by atoms with E-state index in [4.69, 9.17) is 10.00 Å². The lowest BCUT2D eigenvalue weighted by Crippen LogP contribution is -2.35. The van der Waals surface area contributed by atoms with Crippen LogP contribution in [0.5, 0.6) is 0 Å². The van der Waals surface area contributed by atoms with Crippen molar-refractivity contribution in [2.45, 2.75) is 38.8 Å². The summed E-state index contributed by atoms with van der Waals surface area (Å²) >= 11 is 0. The van der Waals surface area contributed by atoms with Crippen LogP contribution in [0.15, 0.2) is 24.3 Å². The summed E-state index contributed by atoms with van der Waals surface area (Å²) in [5.41, 5.74) is 1.85. The van der Waals surface area contributed by atoms with Crippen molar-refractivity contribution in [1.29, 1.82) is 5.26 Å². The molecule has 0 saturated carbocycles. The lowest BCUT2D eigenvalue weighted by atomic mass is 10.0. The largest absolute Gasteiger partial charge is 0.383 e. The second-order valence-corrected chi connectivity index (χ2v) is 4.57. The van der Waals surface area contributed by atoms with Gasteiger partial charge >= 0.3 is 0 Å². The highest BCUT2D eigenvalue weighted by atomic mass is 16.5. The van der Waals surface area contributed by atoms with Crippen LogP contribution in [-0.2, 0) is 4.74 Å². The quantitative estimate of drug-likeness (QED) is 0.804. The minimum absolute atomic E-state index is 0.227. The van der Waals surface area contributed by atoms with E-state index in [9.17, 15) is 0 Å². The zero-order chi connectivity index (χ0) is 13.4. The number of nitrogens with zero attached hydrogens (tertiary/aromatic N) is 1. The Bertz CT molecular complexity index is 392. The van der Waals surface area contributed by atoms with Crippen LogP contribution in [0.2, 0.25) is 0 Å². The number of nitriles is 1. The summed E-state index contributed by atoms with van der Waals surface area (Å²) in [6, 6.07) is 10.5. The van der Waals surface area contributed by atoms with Crippen LogP contribution >= 0.6 is 0 Å². The molecule has 1 rings (SSSR count). The van der Waals surface area contributed by atoms with E-state index in [1.54, 1.807) is 7.11 Å². The Balaban J connectivity index is 2.67. The van der Waals surface area contributed by atoms with Crippen molar-refractivity contribution >= 4 is 0 Å². The number of ether oxygens (including phenoxy) is 1. The molecule has 0 aliphatic heterocycles. The molecule has 0 radical (unpaired) electrons. The van der Waals surface area contributed by atoms with Crippen LogP contribution in [0.25, 0.3) is 0 Å². The summed E-state index contributed by atoms with van der Waals surface area (Å²) in [6.07, 6.45) is 2.22. The molecule has 1 N–H and O–H groups in total. The van der Waals surface area contributed by atoms with E-state index < -0.39 is 0 Å². The minimum atomic E-state index is 0.227. The number of nitrogens with one attached hydrogen (secondary N) is 1. The fourth-order valence-electron chi connectivity index (χ4n) is 2.09. The van der Waals surface area contributed by atoms with Gasteiger partial charge in [0.2, 0.25) is 0 Å². The number of hydrogen-bond donors (Lipinski definition) is 1. The van der Waals surface area contributed by atoms with Crippen LogP contribution in [0.3, 0.4) is 0 Å². The molecule has 98 valence electrons. The van der Waals surface area contributed by atoms with Crippen LogP contribution in [-0.4, -0.2) is 19.8 Å². The molecule has 3 nitrogen and oxygen atoms in total. The third-order valence-corrected chi connectivity index (χ3v) is 3.01. The summed E-state index contributed by atoms with van der Waals surface area (Å²) in [6.45, 7) is 5.01. The van der Waals surface area contributed by atoms with Gasteiger partial charge in [0.15, 0.2) is 0 Å². The predicted octanol–water partition coefficient (Wildman–Crippen LogP) is 3.02. The van der Waals surface area contributed by atoms with Crippen LogP contribution in [0.4, 0.5) is 0 Å².